The zero-order valence-electron chi connectivity index (χ0n) is 19.0. The number of nitrogens with two attached hydrogens (primary N) is 2. The summed E-state index contributed by atoms with van der Waals surface area (Å²) in [5.74, 6) is -4.00. The third-order valence-electron chi connectivity index (χ3n) is 4.66. The van der Waals surface area contributed by atoms with Crippen LogP contribution < -0.4 is 27.4 Å². The molecule has 13 heteroatoms. The van der Waals surface area contributed by atoms with Gasteiger partial charge in [0, 0.05) is 24.7 Å². The van der Waals surface area contributed by atoms with Gasteiger partial charge in [-0.1, -0.05) is 13.8 Å². The van der Waals surface area contributed by atoms with Crippen LogP contribution in [-0.2, 0) is 30.4 Å². The summed E-state index contributed by atoms with van der Waals surface area (Å²) in [6.45, 7) is 5.12. The highest BCUT2D eigenvalue weighted by Gasteiger charge is 2.30. The number of hydrogen-bond acceptors (Lipinski definition) is 7. The molecule has 4 unspecified atom stereocenters. The summed E-state index contributed by atoms with van der Waals surface area (Å²) in [6.07, 6.45) is 2.77. The molecule has 0 aliphatic rings. The van der Waals surface area contributed by atoms with Gasteiger partial charge >= 0.3 is 5.97 Å². The van der Waals surface area contributed by atoms with Crippen LogP contribution in [0.5, 0.6) is 0 Å². The molecule has 1 aromatic heterocycles. The van der Waals surface area contributed by atoms with Crippen molar-refractivity contribution in [2.24, 2.45) is 17.4 Å². The first-order chi connectivity index (χ1) is 15.4. The second kappa shape index (κ2) is 13.2. The van der Waals surface area contributed by atoms with E-state index in [0.29, 0.717) is 5.69 Å². The maximum Gasteiger partial charge on any atom is 0.326 e. The summed E-state index contributed by atoms with van der Waals surface area (Å²) < 4.78 is 0. The van der Waals surface area contributed by atoms with Crippen LogP contribution in [0.15, 0.2) is 12.5 Å². The van der Waals surface area contributed by atoms with Crippen molar-refractivity contribution < 1.29 is 29.1 Å². The van der Waals surface area contributed by atoms with Gasteiger partial charge in [0.1, 0.15) is 18.1 Å². The van der Waals surface area contributed by atoms with Crippen molar-refractivity contribution in [1.29, 1.82) is 0 Å². The standard InChI is InChI=1S/C20H33N7O6/c1-10(2)6-14(18(30)25-13(20(32)33)4-5-16(22)28)27-19(31)15(26-17(29)11(3)21)7-12-8-23-9-24-12/h8-11,13-15H,4-7,21H2,1-3H3,(H2,22,28)(H,23,24)(H,25,30)(H,26,29)(H,27,31)(H,32,33). The molecule has 0 bridgehead atoms. The first-order valence-corrected chi connectivity index (χ1v) is 10.6. The van der Waals surface area contributed by atoms with Crippen LogP contribution in [-0.4, -0.2) is 68.8 Å². The lowest BCUT2D eigenvalue weighted by molar-refractivity contribution is -0.142. The molecule has 0 spiro atoms. The summed E-state index contributed by atoms with van der Waals surface area (Å²) in [5, 5.41) is 16.8. The second-order valence-corrected chi connectivity index (χ2v) is 8.23. The normalized spacial score (nSPS) is 14.6. The molecule has 0 aliphatic carbocycles. The molecule has 0 saturated heterocycles. The van der Waals surface area contributed by atoms with Crippen LogP contribution >= 0.6 is 0 Å². The number of carboxylic acid groups (broad SMARTS) is 1. The molecule has 13 nitrogen and oxygen atoms in total. The molecule has 0 aromatic carbocycles. The Morgan fingerprint density at radius 3 is 2.06 bits per heavy atom. The minimum atomic E-state index is -1.35. The SMILES string of the molecule is CC(C)CC(NC(=O)C(Cc1cnc[nH]1)NC(=O)C(C)N)C(=O)NC(CCC(N)=O)C(=O)O. The average molecular weight is 468 g/mol. The lowest BCUT2D eigenvalue weighted by atomic mass is 10.0. The van der Waals surface area contributed by atoms with Crippen LogP contribution in [0.2, 0.25) is 0 Å². The number of carbonyl (C=O) groups is 5. The van der Waals surface area contributed by atoms with Crippen LogP contribution in [0.25, 0.3) is 0 Å². The zero-order chi connectivity index (χ0) is 25.1. The maximum atomic E-state index is 13.0. The van der Waals surface area contributed by atoms with Crippen LogP contribution in [0.3, 0.4) is 0 Å². The summed E-state index contributed by atoms with van der Waals surface area (Å²) in [4.78, 5) is 67.1. The highest BCUT2D eigenvalue weighted by molar-refractivity contribution is 5.94. The Kier molecular flexibility index (Phi) is 11.0. The van der Waals surface area contributed by atoms with Crippen molar-refractivity contribution >= 4 is 29.6 Å². The van der Waals surface area contributed by atoms with Crippen LogP contribution in [0, 0.1) is 5.92 Å². The van der Waals surface area contributed by atoms with Crippen molar-refractivity contribution in [3.05, 3.63) is 18.2 Å². The van der Waals surface area contributed by atoms with Crippen molar-refractivity contribution in [1.82, 2.24) is 25.9 Å². The molecule has 0 fully saturated rings. The molecule has 9 N–H and O–H groups in total. The Bertz CT molecular complexity index is 825. The Morgan fingerprint density at radius 2 is 1.58 bits per heavy atom. The molecule has 0 aliphatic heterocycles. The number of carbonyl (C=O) groups excluding carboxylic acids is 4. The summed E-state index contributed by atoms with van der Waals surface area (Å²) >= 11 is 0. The number of rotatable bonds is 14. The molecule has 1 aromatic rings. The van der Waals surface area contributed by atoms with Gasteiger partial charge in [0.2, 0.25) is 23.6 Å². The van der Waals surface area contributed by atoms with Crippen LogP contribution in [0.4, 0.5) is 0 Å². The van der Waals surface area contributed by atoms with Crippen molar-refractivity contribution in [3.63, 3.8) is 0 Å². The molecule has 0 saturated carbocycles. The van der Waals surface area contributed by atoms with E-state index in [1.54, 1.807) is 0 Å². The van der Waals surface area contributed by atoms with E-state index >= 15 is 0 Å². The summed E-state index contributed by atoms with van der Waals surface area (Å²) in [6, 6.07) is -4.35. The summed E-state index contributed by atoms with van der Waals surface area (Å²) in [5.41, 5.74) is 11.2. The number of primary amides is 1. The number of imidazole rings is 1. The number of aromatic amines is 1. The van der Waals surface area contributed by atoms with Gasteiger partial charge in [-0.05, 0) is 25.7 Å². The van der Waals surface area contributed by atoms with E-state index in [0.717, 1.165) is 0 Å². The Balaban J connectivity index is 3.00. The molecular formula is C20H33N7O6. The number of nitrogens with one attached hydrogen (secondary N) is 4. The molecule has 0 radical (unpaired) electrons. The molecule has 1 heterocycles. The van der Waals surface area contributed by atoms with Gasteiger partial charge in [-0.2, -0.15) is 0 Å². The number of nitrogens with zero attached hydrogens (tertiary/aromatic N) is 1. The van der Waals surface area contributed by atoms with Gasteiger partial charge in [-0.15, -0.1) is 0 Å². The summed E-state index contributed by atoms with van der Waals surface area (Å²) in [7, 11) is 0. The Morgan fingerprint density at radius 1 is 1.00 bits per heavy atom. The zero-order valence-corrected chi connectivity index (χ0v) is 19.0. The third-order valence-corrected chi connectivity index (χ3v) is 4.66. The molecule has 4 atom stereocenters. The van der Waals surface area contributed by atoms with Gasteiger partial charge in [0.25, 0.3) is 0 Å². The highest BCUT2D eigenvalue weighted by atomic mass is 16.4. The Hall–Kier alpha value is -3.48. The average Bonchev–Trinajstić information content (AvgIpc) is 3.22. The van der Waals surface area contributed by atoms with Gasteiger partial charge < -0.3 is 37.5 Å². The van der Waals surface area contributed by atoms with E-state index in [9.17, 15) is 29.1 Å². The fourth-order valence-corrected chi connectivity index (χ4v) is 2.92. The van der Waals surface area contributed by atoms with E-state index in [2.05, 4.69) is 25.9 Å². The largest absolute Gasteiger partial charge is 0.480 e. The monoisotopic (exact) mass is 467 g/mol. The van der Waals surface area contributed by atoms with E-state index in [-0.39, 0.29) is 31.6 Å². The number of aliphatic carboxylic acids is 1. The van der Waals surface area contributed by atoms with Gasteiger partial charge in [0.15, 0.2) is 0 Å². The number of hydrogen-bond donors (Lipinski definition) is 7. The minimum Gasteiger partial charge on any atom is -0.480 e. The second-order valence-electron chi connectivity index (χ2n) is 8.23. The number of carboxylic acids is 1. The molecule has 33 heavy (non-hydrogen) atoms. The quantitative estimate of drug-likeness (QED) is 0.164. The molecule has 184 valence electrons. The van der Waals surface area contributed by atoms with E-state index in [4.69, 9.17) is 11.5 Å². The fourth-order valence-electron chi connectivity index (χ4n) is 2.92. The van der Waals surface area contributed by atoms with Gasteiger partial charge in [-0.3, -0.25) is 19.2 Å². The maximum absolute atomic E-state index is 13.0. The van der Waals surface area contributed by atoms with Crippen molar-refractivity contribution in [3.8, 4) is 0 Å². The lowest BCUT2D eigenvalue weighted by Crippen LogP contribution is -2.57. The van der Waals surface area contributed by atoms with Crippen LogP contribution in [0.1, 0.15) is 45.7 Å². The smallest absolute Gasteiger partial charge is 0.326 e. The van der Waals surface area contributed by atoms with E-state index < -0.39 is 53.8 Å². The van der Waals surface area contributed by atoms with Crippen molar-refractivity contribution in [2.75, 3.05) is 0 Å². The van der Waals surface area contributed by atoms with Gasteiger partial charge in [0.05, 0.1) is 12.4 Å². The molecule has 1 rings (SSSR count). The predicted octanol–water partition coefficient (Wildman–Crippen LogP) is -1.85. The molecule has 4 amide bonds. The first-order valence-electron chi connectivity index (χ1n) is 10.6. The van der Waals surface area contributed by atoms with E-state index in [1.165, 1.54) is 19.4 Å². The van der Waals surface area contributed by atoms with E-state index in [1.807, 2.05) is 13.8 Å². The fraction of sp³-hybridized carbons (Fsp3) is 0.600. The number of amides is 4. The van der Waals surface area contributed by atoms with Crippen molar-refractivity contribution in [2.45, 2.75) is 70.6 Å². The predicted molar refractivity (Wildman–Crippen MR) is 117 cm³/mol. The minimum absolute atomic E-state index is 0.0281. The number of aromatic nitrogens is 2. The lowest BCUT2D eigenvalue weighted by Gasteiger charge is -2.25. The topological polar surface area (TPSA) is 222 Å². The first kappa shape index (κ1) is 27.6. The third kappa shape index (κ3) is 10.1. The highest BCUT2D eigenvalue weighted by Crippen LogP contribution is 2.08. The Labute approximate surface area is 191 Å². The molecular weight excluding hydrogens is 434 g/mol. The number of H-pyrrole nitrogens is 1. The van der Waals surface area contributed by atoms with Gasteiger partial charge in [-0.25, -0.2) is 9.78 Å².